The summed E-state index contributed by atoms with van der Waals surface area (Å²) in [4.78, 5) is 16.7. The lowest BCUT2D eigenvalue weighted by Crippen LogP contribution is -2.33. The molecule has 7 nitrogen and oxygen atoms in total. The van der Waals surface area contributed by atoms with Gasteiger partial charge < -0.3 is 0 Å². The monoisotopic (exact) mass is 314 g/mol. The van der Waals surface area contributed by atoms with E-state index in [0.29, 0.717) is 17.6 Å². The predicted octanol–water partition coefficient (Wildman–Crippen LogP) is 1.34. The van der Waals surface area contributed by atoms with Gasteiger partial charge in [0, 0.05) is 12.4 Å². The molecule has 3 aromatic heterocycles. The van der Waals surface area contributed by atoms with Gasteiger partial charge in [0.2, 0.25) is 11.6 Å². The normalized spacial score (nSPS) is 9.92. The topological polar surface area (TPSA) is 103 Å². The smallest absolute Gasteiger partial charge is 0.265 e. The van der Waals surface area contributed by atoms with Crippen molar-refractivity contribution in [3.63, 3.8) is 0 Å². The first-order valence-electron chi connectivity index (χ1n) is 7.20. The summed E-state index contributed by atoms with van der Waals surface area (Å²) in [5, 5.41) is 17.7. The molecule has 0 saturated carbocycles. The molecule has 0 aliphatic carbocycles. The molecule has 0 atom stereocenters. The molecule has 3 rings (SSSR count). The van der Waals surface area contributed by atoms with Crippen molar-refractivity contribution in [2.75, 3.05) is 0 Å². The Balaban J connectivity index is 1.97. The van der Waals surface area contributed by atoms with E-state index in [1.807, 2.05) is 48.8 Å². The number of aromatic nitrogens is 5. The van der Waals surface area contributed by atoms with Gasteiger partial charge in [-0.2, -0.15) is 15.5 Å². The van der Waals surface area contributed by atoms with Crippen molar-refractivity contribution in [3.8, 4) is 29.2 Å². The van der Waals surface area contributed by atoms with Crippen LogP contribution in [0.5, 0.6) is 0 Å². The number of hydrogen-bond acceptors (Lipinski definition) is 6. The van der Waals surface area contributed by atoms with E-state index in [4.69, 9.17) is 10.5 Å². The largest absolute Gasteiger partial charge is 0.441 e. The Labute approximate surface area is 138 Å². The molecule has 0 aliphatic heterocycles. The third-order valence-corrected chi connectivity index (χ3v) is 3.26. The van der Waals surface area contributed by atoms with E-state index >= 15 is 0 Å². The number of pyridine rings is 2. The summed E-state index contributed by atoms with van der Waals surface area (Å²) in [5.74, 6) is 1.11. The maximum absolute atomic E-state index is 8.84. The van der Waals surface area contributed by atoms with E-state index < -0.39 is 0 Å². The molecule has 0 bridgehead atoms. The fourth-order valence-electron chi connectivity index (χ4n) is 2.17. The Bertz CT molecular complexity index is 888. The lowest BCUT2D eigenvalue weighted by molar-refractivity contribution is -0.603. The molecule has 0 N–H and O–H groups in total. The van der Waals surface area contributed by atoms with Crippen LogP contribution >= 0.6 is 0 Å². The SMILES string of the molecule is N#CCc1nc(CC#N)nc(-[n+]2ccc(-c3ccncc3)cc2)n1. The molecular formula is C17H12N7+. The molecule has 0 radical (unpaired) electrons. The zero-order chi connectivity index (χ0) is 16.8. The van der Waals surface area contributed by atoms with Crippen LogP contribution in [0.1, 0.15) is 11.6 Å². The van der Waals surface area contributed by atoms with E-state index in [9.17, 15) is 0 Å². The van der Waals surface area contributed by atoms with Gasteiger partial charge in [0.15, 0.2) is 0 Å². The molecule has 24 heavy (non-hydrogen) atoms. The van der Waals surface area contributed by atoms with Crippen LogP contribution in [0.3, 0.4) is 0 Å². The van der Waals surface area contributed by atoms with Crippen molar-refractivity contribution >= 4 is 0 Å². The first-order chi connectivity index (χ1) is 11.8. The van der Waals surface area contributed by atoms with Crippen LogP contribution in [0.4, 0.5) is 0 Å². The highest BCUT2D eigenvalue weighted by Gasteiger charge is 2.17. The van der Waals surface area contributed by atoms with Crippen molar-refractivity contribution in [3.05, 3.63) is 60.7 Å². The van der Waals surface area contributed by atoms with E-state index in [-0.39, 0.29) is 12.8 Å². The summed E-state index contributed by atoms with van der Waals surface area (Å²) in [6, 6.07) is 11.8. The minimum absolute atomic E-state index is 0.0730. The van der Waals surface area contributed by atoms with Gasteiger partial charge >= 0.3 is 5.95 Å². The Hall–Kier alpha value is -3.71. The Morgan fingerprint density at radius 2 is 1.33 bits per heavy atom. The molecular weight excluding hydrogens is 302 g/mol. The summed E-state index contributed by atoms with van der Waals surface area (Å²) in [6.45, 7) is 0. The molecule has 7 heteroatoms. The minimum atomic E-state index is 0.0730. The molecule has 0 aromatic carbocycles. The molecule has 3 heterocycles. The van der Waals surface area contributed by atoms with Gasteiger partial charge in [0.1, 0.15) is 12.8 Å². The summed E-state index contributed by atoms with van der Waals surface area (Å²) < 4.78 is 1.73. The fourth-order valence-corrected chi connectivity index (χ4v) is 2.17. The highest BCUT2D eigenvalue weighted by Crippen LogP contribution is 2.16. The van der Waals surface area contributed by atoms with Crippen LogP contribution in [-0.2, 0) is 12.8 Å². The quantitative estimate of drug-likeness (QED) is 0.673. The highest BCUT2D eigenvalue weighted by atomic mass is 15.2. The van der Waals surface area contributed by atoms with Crippen molar-refractivity contribution < 1.29 is 4.57 Å². The Morgan fingerprint density at radius 1 is 0.792 bits per heavy atom. The number of hydrogen-bond donors (Lipinski definition) is 0. The molecule has 0 aliphatic rings. The van der Waals surface area contributed by atoms with Gasteiger partial charge in [-0.15, -0.1) is 0 Å². The second-order valence-corrected chi connectivity index (χ2v) is 4.87. The average molecular weight is 314 g/mol. The van der Waals surface area contributed by atoms with Gasteiger partial charge in [-0.25, -0.2) is 4.57 Å². The van der Waals surface area contributed by atoms with Crippen molar-refractivity contribution in [1.29, 1.82) is 10.5 Å². The fraction of sp³-hybridized carbons (Fsp3) is 0.118. The van der Waals surface area contributed by atoms with Crippen LogP contribution in [0, 0.1) is 22.7 Å². The third kappa shape index (κ3) is 3.37. The lowest BCUT2D eigenvalue weighted by atomic mass is 10.1. The second-order valence-electron chi connectivity index (χ2n) is 4.87. The predicted molar refractivity (Wildman–Crippen MR) is 83.2 cm³/mol. The second kappa shape index (κ2) is 7.03. The molecule has 0 amide bonds. The van der Waals surface area contributed by atoms with Gasteiger partial charge in [0.05, 0.1) is 24.5 Å². The van der Waals surface area contributed by atoms with Gasteiger partial charge in [-0.1, -0.05) is 9.97 Å². The molecule has 0 unspecified atom stereocenters. The molecule has 3 aromatic rings. The maximum Gasteiger partial charge on any atom is 0.441 e. The first-order valence-corrected chi connectivity index (χ1v) is 7.20. The summed E-state index contributed by atoms with van der Waals surface area (Å²) in [6.07, 6.45) is 7.29. The highest BCUT2D eigenvalue weighted by molar-refractivity contribution is 5.61. The van der Waals surface area contributed by atoms with E-state index in [1.165, 1.54) is 0 Å². The third-order valence-electron chi connectivity index (χ3n) is 3.26. The number of nitriles is 2. The summed E-state index contributed by atoms with van der Waals surface area (Å²) >= 11 is 0. The van der Waals surface area contributed by atoms with E-state index in [1.54, 1.807) is 17.0 Å². The molecule has 114 valence electrons. The number of rotatable bonds is 4. The summed E-state index contributed by atoms with van der Waals surface area (Å²) in [5.41, 5.74) is 2.10. The minimum Gasteiger partial charge on any atom is -0.265 e. The van der Waals surface area contributed by atoms with Crippen molar-refractivity contribution in [2.24, 2.45) is 0 Å². The summed E-state index contributed by atoms with van der Waals surface area (Å²) in [7, 11) is 0. The van der Waals surface area contributed by atoms with E-state index in [0.717, 1.165) is 11.1 Å². The van der Waals surface area contributed by atoms with Crippen LogP contribution in [0.15, 0.2) is 49.1 Å². The van der Waals surface area contributed by atoms with Gasteiger partial charge in [-0.3, -0.25) is 4.98 Å². The molecule has 0 saturated heterocycles. The Morgan fingerprint density at radius 3 is 1.88 bits per heavy atom. The Kier molecular flexibility index (Phi) is 4.45. The van der Waals surface area contributed by atoms with Crippen LogP contribution in [0.25, 0.3) is 17.1 Å². The van der Waals surface area contributed by atoms with Crippen LogP contribution in [0.2, 0.25) is 0 Å². The maximum atomic E-state index is 8.84. The zero-order valence-corrected chi connectivity index (χ0v) is 12.7. The number of nitrogens with zero attached hydrogens (tertiary/aromatic N) is 7. The average Bonchev–Trinajstić information content (AvgIpc) is 2.63. The van der Waals surface area contributed by atoms with Crippen LogP contribution < -0.4 is 4.57 Å². The van der Waals surface area contributed by atoms with Crippen molar-refractivity contribution in [1.82, 2.24) is 19.9 Å². The standard InChI is InChI=1S/C17H12N7/c18-7-1-15-21-16(2-8-19)23-17(22-15)24-11-5-14(6-12-24)13-3-9-20-10-4-13/h3-6,9-12H,1-2H2/q+1. The zero-order valence-electron chi connectivity index (χ0n) is 12.7. The van der Waals surface area contributed by atoms with E-state index in [2.05, 4.69) is 19.9 Å². The molecule has 0 spiro atoms. The van der Waals surface area contributed by atoms with Gasteiger partial charge in [-0.05, 0) is 35.4 Å². The van der Waals surface area contributed by atoms with Crippen molar-refractivity contribution in [2.45, 2.75) is 12.8 Å². The first kappa shape index (κ1) is 15.2. The lowest BCUT2D eigenvalue weighted by Gasteiger charge is -2.02. The van der Waals surface area contributed by atoms with Gasteiger partial charge in [0.25, 0.3) is 0 Å². The van der Waals surface area contributed by atoms with Crippen LogP contribution in [-0.4, -0.2) is 19.9 Å². The molecule has 0 fully saturated rings.